The van der Waals surface area contributed by atoms with Gasteiger partial charge in [-0.25, -0.2) is 15.6 Å². The van der Waals surface area contributed by atoms with Crippen molar-refractivity contribution in [3.63, 3.8) is 0 Å². The molecule has 0 atom stereocenters. The molecule has 2 N–H and O–H groups in total. The zero-order chi connectivity index (χ0) is 2.99. The molecule has 4 heavy (non-hydrogen) atoms. The standard InChI is InChI=1S/CH2N2O/c4-1-2-3-1/h(H2,2,3,4). The van der Waals surface area contributed by atoms with E-state index in [9.17, 15) is 4.79 Å². The Hall–Kier alpha value is -0.730. The van der Waals surface area contributed by atoms with E-state index in [1.807, 2.05) is 0 Å². The molecule has 0 saturated carbocycles. The molecule has 2 amide bonds. The predicted octanol–water partition coefficient (Wildman–Crippen LogP) is -0.786. The predicted molar refractivity (Wildman–Crippen MR) is 11.7 cm³/mol. The minimum Gasteiger partial charge on any atom is -0.246 e. The quantitative estimate of drug-likeness (QED) is 0.352. The van der Waals surface area contributed by atoms with Gasteiger partial charge in [0.2, 0.25) is 0 Å². The van der Waals surface area contributed by atoms with Gasteiger partial charge in [-0.05, 0) is 0 Å². The number of hydrogen-bond donors (Lipinski definition) is 2. The van der Waals surface area contributed by atoms with E-state index in [0.29, 0.717) is 0 Å². The first-order chi connectivity index (χ1) is 1.89. The average molecular weight is 58.0 g/mol. The van der Waals surface area contributed by atoms with Crippen molar-refractivity contribution in [3.8, 4) is 0 Å². The number of amides is 2. The van der Waals surface area contributed by atoms with Crippen LogP contribution in [0.25, 0.3) is 0 Å². The first-order valence-corrected chi connectivity index (χ1v) is 0.954. The summed E-state index contributed by atoms with van der Waals surface area (Å²) in [5, 5.41) is 0. The van der Waals surface area contributed by atoms with Crippen molar-refractivity contribution in [3.05, 3.63) is 0 Å². The van der Waals surface area contributed by atoms with Crippen LogP contribution in [0.4, 0.5) is 4.79 Å². The fraction of sp³-hybridized carbons (Fsp3) is 0. The molecule has 22 valence electrons. The fourth-order valence-electron chi connectivity index (χ4n) is 0.0255. The molecule has 1 fully saturated rings. The normalized spacial score (nSPS) is 17.5. The minimum atomic E-state index is -0.0833. The molecular formula is CH2N2O. The van der Waals surface area contributed by atoms with Crippen LogP contribution in [0.5, 0.6) is 0 Å². The van der Waals surface area contributed by atoms with Crippen molar-refractivity contribution < 1.29 is 4.79 Å². The second-order valence-electron chi connectivity index (χ2n) is 0.579. The van der Waals surface area contributed by atoms with E-state index in [1.165, 1.54) is 0 Å². The van der Waals surface area contributed by atoms with E-state index >= 15 is 0 Å². The molecule has 0 unspecified atom stereocenters. The van der Waals surface area contributed by atoms with Gasteiger partial charge in [-0.1, -0.05) is 0 Å². The van der Waals surface area contributed by atoms with Gasteiger partial charge in [0.25, 0.3) is 0 Å². The Kier molecular flexibility index (Phi) is 0.0791. The van der Waals surface area contributed by atoms with Crippen LogP contribution in [0.1, 0.15) is 0 Å². The van der Waals surface area contributed by atoms with Gasteiger partial charge in [-0.3, -0.25) is 0 Å². The molecule has 3 nitrogen and oxygen atoms in total. The van der Waals surface area contributed by atoms with Gasteiger partial charge in [-0.15, -0.1) is 0 Å². The summed E-state index contributed by atoms with van der Waals surface area (Å²) in [6.07, 6.45) is 0. The molecule has 0 radical (unpaired) electrons. The van der Waals surface area contributed by atoms with Crippen molar-refractivity contribution in [1.82, 2.24) is 10.9 Å². The topological polar surface area (TPSA) is 61.0 Å². The lowest BCUT2D eigenvalue weighted by Gasteiger charge is -1.25. The molecule has 1 aliphatic heterocycles. The van der Waals surface area contributed by atoms with Crippen LogP contribution in [0, 0.1) is 0 Å². The Balaban J connectivity index is 2.60. The zero-order valence-corrected chi connectivity index (χ0v) is 1.91. The molecule has 0 aromatic carbocycles. The molecule has 0 aromatic rings. The van der Waals surface area contributed by atoms with Crippen LogP contribution < -0.4 is 10.9 Å². The number of hydrazine groups is 1. The maximum Gasteiger partial charge on any atom is 0.352 e. The molecule has 1 rings (SSSR count). The van der Waals surface area contributed by atoms with Crippen molar-refractivity contribution in [2.24, 2.45) is 0 Å². The van der Waals surface area contributed by atoms with Crippen LogP contribution in [0.15, 0.2) is 0 Å². The monoisotopic (exact) mass is 58.0 g/mol. The molecule has 1 saturated heterocycles. The Morgan fingerprint density at radius 1 is 1.50 bits per heavy atom. The first-order valence-electron chi connectivity index (χ1n) is 0.954. The largest absolute Gasteiger partial charge is 0.352 e. The summed E-state index contributed by atoms with van der Waals surface area (Å²) in [4.78, 5) is 9.33. The lowest BCUT2D eigenvalue weighted by Crippen LogP contribution is -1.71. The third-order valence-corrected chi connectivity index (χ3v) is 0.227. The van der Waals surface area contributed by atoms with E-state index in [4.69, 9.17) is 0 Å². The zero-order valence-electron chi connectivity index (χ0n) is 1.91. The average Bonchev–Trinajstić information content (AvgIpc) is 1.75. The number of carbonyl (C=O) groups is 1. The summed E-state index contributed by atoms with van der Waals surface area (Å²) < 4.78 is 0. The van der Waals surface area contributed by atoms with Crippen LogP contribution in [0.2, 0.25) is 0 Å². The van der Waals surface area contributed by atoms with Gasteiger partial charge in [0.05, 0.1) is 0 Å². The van der Waals surface area contributed by atoms with Crippen LogP contribution in [-0.4, -0.2) is 6.03 Å². The molecule has 1 aliphatic rings. The smallest absolute Gasteiger partial charge is 0.246 e. The Labute approximate surface area is 23.0 Å². The third kappa shape index (κ3) is 0.0180. The Bertz CT molecular complexity index is 44.0. The molecular weight excluding hydrogens is 56.0 g/mol. The van der Waals surface area contributed by atoms with Crippen LogP contribution >= 0.6 is 0 Å². The van der Waals surface area contributed by atoms with Gasteiger partial charge >= 0.3 is 6.03 Å². The molecule has 0 spiro atoms. The third-order valence-electron chi connectivity index (χ3n) is 0.227. The molecule has 3 heteroatoms. The van der Waals surface area contributed by atoms with Gasteiger partial charge in [0.15, 0.2) is 0 Å². The first kappa shape index (κ1) is 1.58. The number of rotatable bonds is 0. The van der Waals surface area contributed by atoms with Gasteiger partial charge in [0.1, 0.15) is 0 Å². The van der Waals surface area contributed by atoms with E-state index in [2.05, 4.69) is 10.9 Å². The maximum absolute atomic E-state index is 9.33. The highest BCUT2D eigenvalue weighted by molar-refractivity contribution is 5.85. The summed E-state index contributed by atoms with van der Waals surface area (Å²) in [6.45, 7) is 0. The lowest BCUT2D eigenvalue weighted by atomic mass is 11.4. The lowest BCUT2D eigenvalue weighted by molar-refractivity contribution is 0.266. The summed E-state index contributed by atoms with van der Waals surface area (Å²) in [7, 11) is 0. The second kappa shape index (κ2) is 0.201. The number of urea groups is 1. The van der Waals surface area contributed by atoms with E-state index < -0.39 is 0 Å². The molecule has 0 aromatic heterocycles. The minimum absolute atomic E-state index is 0.0833. The summed E-state index contributed by atoms with van der Waals surface area (Å²) in [5.74, 6) is 0. The van der Waals surface area contributed by atoms with Crippen LogP contribution in [0.3, 0.4) is 0 Å². The highest BCUT2D eigenvalue weighted by atomic mass is 16.2. The summed E-state index contributed by atoms with van der Waals surface area (Å²) in [6, 6.07) is -0.0833. The second-order valence-corrected chi connectivity index (χ2v) is 0.579. The Morgan fingerprint density at radius 2 is 1.75 bits per heavy atom. The highest BCUT2D eigenvalue weighted by Crippen LogP contribution is 1.64. The summed E-state index contributed by atoms with van der Waals surface area (Å²) in [5.41, 5.74) is 4.42. The molecule has 0 bridgehead atoms. The van der Waals surface area contributed by atoms with E-state index in [1.54, 1.807) is 0 Å². The van der Waals surface area contributed by atoms with Gasteiger partial charge in [-0.2, -0.15) is 0 Å². The van der Waals surface area contributed by atoms with Gasteiger partial charge in [0, 0.05) is 0 Å². The van der Waals surface area contributed by atoms with Gasteiger partial charge < -0.3 is 0 Å². The Morgan fingerprint density at radius 3 is 1.75 bits per heavy atom. The van der Waals surface area contributed by atoms with E-state index in [-0.39, 0.29) is 6.03 Å². The van der Waals surface area contributed by atoms with Crippen molar-refractivity contribution in [1.29, 1.82) is 0 Å². The molecule has 0 aliphatic carbocycles. The highest BCUT2D eigenvalue weighted by Gasteiger charge is 2.08. The SMILES string of the molecule is O=C1NN1. The number of carbonyl (C=O) groups excluding carboxylic acids is 1. The fourth-order valence-corrected chi connectivity index (χ4v) is 0.0255. The van der Waals surface area contributed by atoms with Crippen molar-refractivity contribution in [2.75, 3.05) is 0 Å². The maximum atomic E-state index is 9.33. The number of hydrogen-bond acceptors (Lipinski definition) is 1. The van der Waals surface area contributed by atoms with E-state index in [0.717, 1.165) is 0 Å². The summed E-state index contributed by atoms with van der Waals surface area (Å²) >= 11 is 0. The number of nitrogens with one attached hydrogen (secondary N) is 2. The molecule has 1 heterocycles. The van der Waals surface area contributed by atoms with Crippen molar-refractivity contribution >= 4 is 6.03 Å². The van der Waals surface area contributed by atoms with Crippen LogP contribution in [-0.2, 0) is 0 Å². The van der Waals surface area contributed by atoms with Crippen molar-refractivity contribution in [2.45, 2.75) is 0 Å².